The third kappa shape index (κ3) is 3.23. The van der Waals surface area contributed by atoms with Gasteiger partial charge in [-0.25, -0.2) is 0 Å². The molecule has 0 radical (unpaired) electrons. The quantitative estimate of drug-likeness (QED) is 0.586. The van der Waals surface area contributed by atoms with Gasteiger partial charge >= 0.3 is 0 Å². The van der Waals surface area contributed by atoms with Crippen molar-refractivity contribution in [1.82, 2.24) is 0 Å². The van der Waals surface area contributed by atoms with E-state index in [-0.39, 0.29) is 0 Å². The predicted molar refractivity (Wildman–Crippen MR) is 58.6 cm³/mol. The van der Waals surface area contributed by atoms with Crippen LogP contribution < -0.4 is 5.90 Å². The first kappa shape index (κ1) is 10.8. The lowest BCUT2D eigenvalue weighted by Gasteiger charge is -2.00. The van der Waals surface area contributed by atoms with Gasteiger partial charge in [0.05, 0.1) is 0 Å². The molecule has 0 aliphatic heterocycles. The Morgan fingerprint density at radius 3 is 2.36 bits per heavy atom. The van der Waals surface area contributed by atoms with Gasteiger partial charge in [-0.2, -0.15) is 5.90 Å². The number of benzene rings is 1. The topological polar surface area (TPSA) is 35.2 Å². The fraction of sp³-hybridized carbons (Fsp3) is 0.333. The first-order valence-corrected chi connectivity index (χ1v) is 4.87. The predicted octanol–water partition coefficient (Wildman–Crippen LogP) is 2.59. The zero-order valence-corrected chi connectivity index (χ0v) is 8.79. The van der Waals surface area contributed by atoms with E-state index in [0.29, 0.717) is 0 Å². The van der Waals surface area contributed by atoms with Gasteiger partial charge in [-0.3, -0.25) is 0 Å². The molecule has 0 spiro atoms. The van der Waals surface area contributed by atoms with E-state index >= 15 is 0 Å². The Kier molecular flexibility index (Phi) is 4.20. The lowest BCUT2D eigenvalue weighted by Crippen LogP contribution is -1.96. The van der Waals surface area contributed by atoms with E-state index in [4.69, 9.17) is 5.90 Å². The Balaban J connectivity index is 2.60. The van der Waals surface area contributed by atoms with E-state index in [9.17, 15) is 0 Å². The van der Waals surface area contributed by atoms with E-state index in [1.54, 1.807) is 0 Å². The largest absolute Gasteiger partial charge is 0.417 e. The van der Waals surface area contributed by atoms with Crippen LogP contribution in [-0.4, -0.2) is 0 Å². The molecule has 2 N–H and O–H groups in total. The van der Waals surface area contributed by atoms with Crippen molar-refractivity contribution in [1.29, 1.82) is 0 Å². The molecular weight excluding hydrogens is 174 g/mol. The Morgan fingerprint density at radius 2 is 1.86 bits per heavy atom. The molecule has 2 heteroatoms. The van der Waals surface area contributed by atoms with Crippen molar-refractivity contribution in [3.05, 3.63) is 47.2 Å². The average Bonchev–Trinajstić information content (AvgIpc) is 2.26. The lowest BCUT2D eigenvalue weighted by molar-refractivity contribution is 0.221. The normalized spacial score (nSPS) is 11.5. The van der Waals surface area contributed by atoms with Gasteiger partial charge in [-0.1, -0.05) is 31.2 Å². The van der Waals surface area contributed by atoms with Crippen molar-refractivity contribution in [2.45, 2.75) is 26.7 Å². The van der Waals surface area contributed by atoms with Gasteiger partial charge < -0.3 is 4.84 Å². The molecule has 0 aliphatic carbocycles. The minimum Gasteiger partial charge on any atom is -0.417 e. The van der Waals surface area contributed by atoms with E-state index in [1.165, 1.54) is 11.1 Å². The van der Waals surface area contributed by atoms with E-state index < -0.39 is 0 Å². The molecule has 76 valence electrons. The van der Waals surface area contributed by atoms with Gasteiger partial charge in [0.15, 0.2) is 0 Å². The third-order valence-corrected chi connectivity index (χ3v) is 2.24. The molecule has 1 aromatic rings. The van der Waals surface area contributed by atoms with Crippen molar-refractivity contribution in [3.63, 3.8) is 0 Å². The van der Waals surface area contributed by atoms with Crippen LogP contribution in [0.25, 0.3) is 0 Å². The Labute approximate surface area is 85.3 Å². The molecule has 0 amide bonds. The molecule has 0 aliphatic rings. The molecular formula is C12H17NO. The van der Waals surface area contributed by atoms with Crippen LogP contribution in [-0.2, 0) is 17.7 Å². The molecule has 1 rings (SSSR count). The summed E-state index contributed by atoms with van der Waals surface area (Å²) >= 11 is 0. The van der Waals surface area contributed by atoms with Crippen LogP contribution in [0.15, 0.2) is 36.1 Å². The number of hydrogen-bond donors (Lipinski definition) is 1. The summed E-state index contributed by atoms with van der Waals surface area (Å²) in [5.41, 5.74) is 2.64. The molecule has 0 fully saturated rings. The van der Waals surface area contributed by atoms with Crippen molar-refractivity contribution >= 4 is 0 Å². The molecule has 0 saturated carbocycles. The second-order valence-corrected chi connectivity index (χ2v) is 3.31. The first-order chi connectivity index (χ1) is 6.76. The Hall–Kier alpha value is -1.28. The summed E-state index contributed by atoms with van der Waals surface area (Å²) < 4.78 is 0. The summed E-state index contributed by atoms with van der Waals surface area (Å²) in [6.07, 6.45) is 3.93. The summed E-state index contributed by atoms with van der Waals surface area (Å²) in [5.74, 6) is 5.77. The minimum atomic E-state index is 0.754. The number of rotatable bonds is 4. The maximum Gasteiger partial charge on any atom is 0.117 e. The number of allylic oxidation sites excluding steroid dienone is 2. The van der Waals surface area contributed by atoms with Gasteiger partial charge in [-0.05, 0) is 37.0 Å². The van der Waals surface area contributed by atoms with E-state index in [2.05, 4.69) is 36.0 Å². The molecule has 0 saturated heterocycles. The minimum absolute atomic E-state index is 0.754. The van der Waals surface area contributed by atoms with Crippen LogP contribution in [0.4, 0.5) is 0 Å². The highest BCUT2D eigenvalue weighted by atomic mass is 16.6. The number of aryl methyl sites for hydroxylation is 1. The smallest absolute Gasteiger partial charge is 0.117 e. The highest BCUT2D eigenvalue weighted by Crippen LogP contribution is 2.07. The number of nitrogens with two attached hydrogens (primary N) is 1. The fourth-order valence-electron chi connectivity index (χ4n) is 1.22. The maximum absolute atomic E-state index is 5.01. The van der Waals surface area contributed by atoms with Gasteiger partial charge in [0, 0.05) is 0 Å². The van der Waals surface area contributed by atoms with Crippen molar-refractivity contribution in [2.75, 3.05) is 0 Å². The zero-order chi connectivity index (χ0) is 10.4. The zero-order valence-electron chi connectivity index (χ0n) is 8.79. The molecule has 2 nitrogen and oxygen atoms in total. The summed E-state index contributed by atoms with van der Waals surface area (Å²) in [6.45, 7) is 4.00. The molecule has 0 atom stereocenters. The van der Waals surface area contributed by atoms with E-state index in [1.807, 2.05) is 13.0 Å². The van der Waals surface area contributed by atoms with Crippen molar-refractivity contribution < 1.29 is 4.84 Å². The Bertz CT molecular complexity index is 301. The number of hydrogen-bond acceptors (Lipinski definition) is 2. The summed E-state index contributed by atoms with van der Waals surface area (Å²) in [7, 11) is 0. The van der Waals surface area contributed by atoms with Crippen molar-refractivity contribution in [3.8, 4) is 0 Å². The van der Waals surface area contributed by atoms with Crippen LogP contribution in [0.2, 0.25) is 0 Å². The van der Waals surface area contributed by atoms with Crippen LogP contribution in [0, 0.1) is 0 Å². The Morgan fingerprint density at radius 1 is 1.29 bits per heavy atom. The van der Waals surface area contributed by atoms with Crippen molar-refractivity contribution in [2.24, 2.45) is 5.90 Å². The second-order valence-electron chi connectivity index (χ2n) is 3.31. The first-order valence-electron chi connectivity index (χ1n) is 4.87. The monoisotopic (exact) mass is 191 g/mol. The summed E-state index contributed by atoms with van der Waals surface area (Å²) in [6, 6.07) is 8.59. The average molecular weight is 191 g/mol. The molecule has 0 unspecified atom stereocenters. The second kappa shape index (κ2) is 5.45. The van der Waals surface area contributed by atoms with Gasteiger partial charge in [-0.15, -0.1) is 0 Å². The fourth-order valence-corrected chi connectivity index (χ4v) is 1.22. The van der Waals surface area contributed by atoms with E-state index in [0.717, 1.165) is 18.6 Å². The standard InChI is InChI=1S/C12H17NO/c1-3-11-6-8-12(9-7-11)5-4-10(2)14-13/h4,6-9H,3,5,13H2,1-2H3/b10-4-. The SMILES string of the molecule is CCc1ccc(C/C=C(/C)ON)cc1. The third-order valence-electron chi connectivity index (χ3n) is 2.24. The molecule has 0 aromatic heterocycles. The van der Waals surface area contributed by atoms with Crippen LogP contribution >= 0.6 is 0 Å². The summed E-state index contributed by atoms with van der Waals surface area (Å²) in [5, 5.41) is 0. The van der Waals surface area contributed by atoms with Gasteiger partial charge in [0.25, 0.3) is 0 Å². The molecule has 14 heavy (non-hydrogen) atoms. The van der Waals surface area contributed by atoms with Gasteiger partial charge in [0.2, 0.25) is 0 Å². The van der Waals surface area contributed by atoms with Crippen LogP contribution in [0.1, 0.15) is 25.0 Å². The highest BCUT2D eigenvalue weighted by molar-refractivity contribution is 5.24. The maximum atomic E-state index is 5.01. The molecule has 1 aromatic carbocycles. The molecule has 0 heterocycles. The van der Waals surface area contributed by atoms with Gasteiger partial charge in [0.1, 0.15) is 5.76 Å². The van der Waals surface area contributed by atoms with Crippen LogP contribution in [0.5, 0.6) is 0 Å². The summed E-state index contributed by atoms with van der Waals surface area (Å²) in [4.78, 5) is 4.58. The van der Waals surface area contributed by atoms with Crippen LogP contribution in [0.3, 0.4) is 0 Å². The molecule has 0 bridgehead atoms. The highest BCUT2D eigenvalue weighted by Gasteiger charge is 1.92. The lowest BCUT2D eigenvalue weighted by atomic mass is 10.1.